The number of benzene rings is 2. The molecule has 8 rings (SSSR count). The van der Waals surface area contributed by atoms with E-state index in [1.807, 2.05) is 12.1 Å². The van der Waals surface area contributed by atoms with E-state index < -0.39 is 35.4 Å². The van der Waals surface area contributed by atoms with Crippen molar-refractivity contribution in [2.45, 2.75) is 28.8 Å². The normalized spacial score (nSPS) is 29.1. The van der Waals surface area contributed by atoms with Crippen molar-refractivity contribution in [1.82, 2.24) is 9.88 Å². The largest absolute Gasteiger partial charge is 0.493 e. The van der Waals surface area contributed by atoms with Crippen molar-refractivity contribution in [3.8, 4) is 11.5 Å². The van der Waals surface area contributed by atoms with Gasteiger partial charge in [-0.1, -0.05) is 23.5 Å². The fourth-order valence-electron chi connectivity index (χ4n) is 8.51. The number of thiazole rings is 1. The maximum atomic E-state index is 14.0. The van der Waals surface area contributed by atoms with Crippen molar-refractivity contribution >= 4 is 46.5 Å². The van der Waals surface area contributed by atoms with Gasteiger partial charge in [-0.25, -0.2) is 0 Å². The van der Waals surface area contributed by atoms with Gasteiger partial charge in [0.2, 0.25) is 11.8 Å². The van der Waals surface area contributed by atoms with Crippen molar-refractivity contribution in [3.63, 3.8) is 0 Å². The fraction of sp³-hybridized carbons (Fsp3) is 0.455. The number of morpholine rings is 1. The van der Waals surface area contributed by atoms with Crippen LogP contribution in [0.15, 0.2) is 52.3 Å². The zero-order valence-corrected chi connectivity index (χ0v) is 27.2. The number of hydrogen-bond donors (Lipinski definition) is 1. The Balaban J connectivity index is 1.11. The van der Waals surface area contributed by atoms with Gasteiger partial charge in [-0.05, 0) is 60.1 Å². The number of H-pyrrole nitrogens is 1. The van der Waals surface area contributed by atoms with E-state index >= 15 is 0 Å². The molecule has 0 unspecified atom stereocenters. The third-order valence-corrected chi connectivity index (χ3v) is 13.0. The summed E-state index contributed by atoms with van der Waals surface area (Å²) < 4.78 is 57.5. The minimum atomic E-state index is -4.62. The van der Waals surface area contributed by atoms with Crippen molar-refractivity contribution in [1.29, 1.82) is 0 Å². The highest BCUT2D eigenvalue weighted by Gasteiger charge is 2.69. The molecule has 48 heavy (non-hydrogen) atoms. The van der Waals surface area contributed by atoms with Gasteiger partial charge >= 0.3 is 11.0 Å². The lowest BCUT2D eigenvalue weighted by Gasteiger charge is -2.43. The molecule has 4 heterocycles. The lowest BCUT2D eigenvalue weighted by Crippen LogP contribution is -2.43. The first kappa shape index (κ1) is 31.4. The van der Waals surface area contributed by atoms with Crippen LogP contribution >= 0.6 is 23.1 Å². The molecule has 252 valence electrons. The molecule has 3 aliphatic heterocycles. The number of alkyl halides is 3. The average Bonchev–Trinajstić information content (AvgIpc) is 3.82. The second-order valence-electron chi connectivity index (χ2n) is 12.7. The summed E-state index contributed by atoms with van der Waals surface area (Å²) in [5.74, 6) is -2.49. The summed E-state index contributed by atoms with van der Waals surface area (Å²) >= 11 is 2.63. The molecule has 5 aliphatic rings. The summed E-state index contributed by atoms with van der Waals surface area (Å²) in [5, 5.41) is 0.618. The Bertz CT molecular complexity index is 1870. The third kappa shape index (κ3) is 4.95. The topological polar surface area (TPSA) is 118 Å². The summed E-state index contributed by atoms with van der Waals surface area (Å²) in [6.45, 7) is 1.78. The zero-order chi connectivity index (χ0) is 33.5. The summed E-state index contributed by atoms with van der Waals surface area (Å²) in [6.07, 6.45) is -3.99. The molecule has 2 bridgehead atoms. The van der Waals surface area contributed by atoms with Crippen LogP contribution in [0.1, 0.15) is 28.3 Å². The van der Waals surface area contributed by atoms with Gasteiger partial charge in [0.15, 0.2) is 18.1 Å². The lowest BCUT2D eigenvalue weighted by atomic mass is 9.68. The van der Waals surface area contributed by atoms with Crippen molar-refractivity contribution in [3.05, 3.63) is 68.1 Å². The van der Waals surface area contributed by atoms with Crippen LogP contribution in [0.25, 0.3) is 0 Å². The van der Waals surface area contributed by atoms with Gasteiger partial charge in [-0.2, -0.15) is 13.2 Å². The molecule has 2 saturated heterocycles. The molecule has 1 aromatic heterocycles. The molecular formula is C33H30F3N3O7S2. The van der Waals surface area contributed by atoms with Gasteiger partial charge in [0.05, 0.1) is 48.4 Å². The number of rotatable bonds is 6. The van der Waals surface area contributed by atoms with Crippen molar-refractivity contribution in [2.24, 2.45) is 29.6 Å². The predicted octanol–water partition coefficient (Wildman–Crippen LogP) is 4.38. The first-order chi connectivity index (χ1) is 23.0. The first-order valence-electron chi connectivity index (χ1n) is 15.7. The van der Waals surface area contributed by atoms with Crippen LogP contribution < -0.4 is 19.2 Å². The molecule has 7 atom stereocenters. The van der Waals surface area contributed by atoms with Gasteiger partial charge in [0.1, 0.15) is 0 Å². The highest BCUT2D eigenvalue weighted by molar-refractivity contribution is 8.00. The number of carbonyl (C=O) groups excluding carboxylic acids is 3. The smallest absolute Gasteiger partial charge is 0.416 e. The van der Waals surface area contributed by atoms with Crippen LogP contribution in [-0.4, -0.2) is 72.9 Å². The number of imide groups is 1. The number of ether oxygens (including phenoxy) is 3. The Hall–Kier alpha value is -3.82. The third-order valence-electron chi connectivity index (χ3n) is 10.4. The maximum absolute atomic E-state index is 14.0. The predicted molar refractivity (Wildman–Crippen MR) is 168 cm³/mol. The van der Waals surface area contributed by atoms with Crippen LogP contribution in [-0.2, 0) is 25.3 Å². The summed E-state index contributed by atoms with van der Waals surface area (Å²) in [6, 6.07) is 9.80. The number of methoxy groups -OCH3 is 1. The second-order valence-corrected chi connectivity index (χ2v) is 14.9. The Kier molecular flexibility index (Phi) is 7.64. The minimum Gasteiger partial charge on any atom is -0.493 e. The van der Waals surface area contributed by atoms with Gasteiger partial charge in [0.25, 0.3) is 5.91 Å². The molecule has 3 amide bonds. The Labute approximate surface area is 280 Å². The zero-order valence-electron chi connectivity index (χ0n) is 25.5. The highest BCUT2D eigenvalue weighted by Crippen LogP contribution is 2.69. The van der Waals surface area contributed by atoms with E-state index in [0.717, 1.165) is 43.8 Å². The van der Waals surface area contributed by atoms with E-state index in [2.05, 4.69) is 4.98 Å². The van der Waals surface area contributed by atoms with Crippen LogP contribution in [0.2, 0.25) is 0 Å². The number of aromatic nitrogens is 1. The Morgan fingerprint density at radius 3 is 2.50 bits per heavy atom. The van der Waals surface area contributed by atoms with Crippen LogP contribution in [0, 0.1) is 29.6 Å². The number of nitrogens with one attached hydrogen (secondary N) is 1. The van der Waals surface area contributed by atoms with E-state index in [9.17, 15) is 32.3 Å². The molecule has 2 saturated carbocycles. The van der Waals surface area contributed by atoms with Crippen LogP contribution in [0.5, 0.6) is 11.5 Å². The quantitative estimate of drug-likeness (QED) is 0.377. The van der Waals surface area contributed by atoms with Gasteiger partial charge in [-0.3, -0.25) is 24.1 Å². The van der Waals surface area contributed by atoms with Gasteiger partial charge in [0, 0.05) is 29.1 Å². The number of thioether (sulfide) groups is 1. The lowest BCUT2D eigenvalue weighted by molar-refractivity contribution is -0.138. The number of hydrogen-bond acceptors (Lipinski definition) is 9. The summed E-state index contributed by atoms with van der Waals surface area (Å²) in [4.78, 5) is 59.4. The highest BCUT2D eigenvalue weighted by atomic mass is 32.2. The molecule has 2 aromatic carbocycles. The van der Waals surface area contributed by atoms with Crippen LogP contribution in [0.4, 0.5) is 18.9 Å². The van der Waals surface area contributed by atoms with Crippen molar-refractivity contribution < 1.29 is 41.8 Å². The molecule has 15 heteroatoms. The Morgan fingerprint density at radius 1 is 1.02 bits per heavy atom. The first-order valence-corrected chi connectivity index (χ1v) is 17.4. The second kappa shape index (κ2) is 11.7. The van der Waals surface area contributed by atoms with E-state index in [-0.39, 0.29) is 52.0 Å². The standard InChI is InChI=1S/C33H30F3N3O7S2/c1-44-21-11-15(5-6-20(21)46-14-22(40)38-7-9-45-10-8-38)23-24-18-13-19(27(24)47-29-28(23)48-32(43)37-29)26-25(18)30(41)39(31(26)42)17-4-2-3-16(12-17)33(34,35)36/h2-6,11-12,18-19,23-27H,7-10,13-14H2,1H3,(H,37,43)/t18-,19-,23+,24-,25+,26+,27-/m1/s1. The fourth-order valence-corrected chi connectivity index (χ4v) is 11.4. The average molecular weight is 702 g/mol. The Morgan fingerprint density at radius 2 is 1.77 bits per heavy atom. The summed E-state index contributed by atoms with van der Waals surface area (Å²) in [7, 11) is 1.50. The molecule has 2 aliphatic carbocycles. The SMILES string of the molecule is COc1cc([C@@H]2c3sc(=O)[nH]c3S[C@@H]3[C@@H]4C[C@@H]([C@@H]5C(=O)N(c6cccc(C(F)(F)F)c6)C(=O)[C@@H]45)[C@H]23)ccc1OCC(=O)N1CCOCC1. The number of carbonyl (C=O) groups is 3. The molecule has 3 aromatic rings. The number of aromatic amines is 1. The number of fused-ring (bicyclic) bond motifs is 9. The van der Waals surface area contributed by atoms with Crippen molar-refractivity contribution in [2.75, 3.05) is 44.9 Å². The summed E-state index contributed by atoms with van der Waals surface area (Å²) in [5.41, 5.74) is -0.164. The number of nitrogens with zero attached hydrogens (tertiary/aromatic N) is 2. The van der Waals surface area contributed by atoms with E-state index in [0.29, 0.717) is 44.2 Å². The number of halogens is 3. The van der Waals surface area contributed by atoms with Crippen LogP contribution in [0.3, 0.4) is 0 Å². The minimum absolute atomic E-state index is 0.0725. The molecule has 10 nitrogen and oxygen atoms in total. The molecular weight excluding hydrogens is 672 g/mol. The number of amides is 3. The molecule has 0 spiro atoms. The van der Waals surface area contributed by atoms with E-state index in [1.54, 1.807) is 11.0 Å². The molecule has 4 fully saturated rings. The molecule has 0 radical (unpaired) electrons. The van der Waals surface area contributed by atoms with Gasteiger partial charge < -0.3 is 24.1 Å². The van der Waals surface area contributed by atoms with Gasteiger partial charge in [-0.15, -0.1) is 11.8 Å². The van der Waals surface area contributed by atoms with E-state index in [1.165, 1.54) is 31.0 Å². The maximum Gasteiger partial charge on any atom is 0.416 e. The number of anilines is 1. The molecule has 1 N–H and O–H groups in total. The monoisotopic (exact) mass is 701 g/mol. The van der Waals surface area contributed by atoms with E-state index in [4.69, 9.17) is 14.2 Å².